The number of carbonyl (C=O) groups is 1. The third-order valence-corrected chi connectivity index (χ3v) is 4.45. The van der Waals surface area contributed by atoms with Crippen LogP contribution in [0.2, 0.25) is 0 Å². The van der Waals surface area contributed by atoms with Crippen LogP contribution in [0.4, 0.5) is 0 Å². The second-order valence-electron chi connectivity index (χ2n) is 3.26. The molecule has 2 heterocycles. The Hall–Kier alpha value is -0.480. The Kier molecular flexibility index (Phi) is 3.13. The Labute approximate surface area is 92.3 Å². The molecule has 14 heavy (non-hydrogen) atoms. The molecule has 0 bridgehead atoms. The highest BCUT2D eigenvalue weighted by atomic mass is 32.2. The molecule has 0 N–H and O–H groups in total. The Morgan fingerprint density at radius 1 is 1.57 bits per heavy atom. The van der Waals surface area contributed by atoms with Crippen LogP contribution in [0.1, 0.15) is 23.7 Å². The van der Waals surface area contributed by atoms with Crippen molar-refractivity contribution < 1.29 is 4.79 Å². The van der Waals surface area contributed by atoms with Crippen LogP contribution in [0.5, 0.6) is 0 Å². The zero-order valence-electron chi connectivity index (χ0n) is 8.16. The lowest BCUT2D eigenvalue weighted by Crippen LogP contribution is -2.32. The highest BCUT2D eigenvalue weighted by Gasteiger charge is 2.22. The molecule has 0 saturated heterocycles. The summed E-state index contributed by atoms with van der Waals surface area (Å²) in [6.45, 7) is 3.88. The predicted octanol–water partition coefficient (Wildman–Crippen LogP) is 2.71. The van der Waals surface area contributed by atoms with Gasteiger partial charge in [0.1, 0.15) is 0 Å². The minimum Gasteiger partial charge on any atom is -0.338 e. The van der Waals surface area contributed by atoms with Crippen molar-refractivity contribution in [3.63, 3.8) is 0 Å². The molecular formula is C10H13NOS2. The average molecular weight is 227 g/mol. The van der Waals surface area contributed by atoms with Crippen LogP contribution in [0.3, 0.4) is 0 Å². The van der Waals surface area contributed by atoms with Crippen molar-refractivity contribution in [3.8, 4) is 0 Å². The molecular weight excluding hydrogens is 214 g/mol. The van der Waals surface area contributed by atoms with Crippen molar-refractivity contribution in [1.29, 1.82) is 0 Å². The maximum Gasteiger partial charge on any atom is 0.255 e. The number of thiophene rings is 1. The van der Waals surface area contributed by atoms with Crippen LogP contribution in [-0.4, -0.2) is 29.6 Å². The molecule has 1 aromatic rings. The summed E-state index contributed by atoms with van der Waals surface area (Å²) < 4.78 is 1.19. The van der Waals surface area contributed by atoms with Crippen molar-refractivity contribution >= 4 is 29.0 Å². The number of amides is 1. The van der Waals surface area contributed by atoms with Gasteiger partial charge in [0.05, 0.1) is 9.77 Å². The Morgan fingerprint density at radius 3 is 3.21 bits per heavy atom. The van der Waals surface area contributed by atoms with Crippen LogP contribution in [0.25, 0.3) is 0 Å². The molecule has 0 aromatic carbocycles. The number of nitrogens with zero attached hydrogens (tertiary/aromatic N) is 1. The van der Waals surface area contributed by atoms with Crippen molar-refractivity contribution in [1.82, 2.24) is 4.90 Å². The van der Waals surface area contributed by atoms with Gasteiger partial charge in [-0.2, -0.15) is 0 Å². The molecule has 2 nitrogen and oxygen atoms in total. The fourth-order valence-corrected chi connectivity index (χ4v) is 3.68. The van der Waals surface area contributed by atoms with Gasteiger partial charge in [-0.3, -0.25) is 4.79 Å². The van der Waals surface area contributed by atoms with E-state index in [0.717, 1.165) is 30.8 Å². The fraction of sp³-hybridized carbons (Fsp3) is 0.500. The van der Waals surface area contributed by atoms with E-state index in [9.17, 15) is 4.79 Å². The zero-order chi connectivity index (χ0) is 9.97. The lowest BCUT2D eigenvalue weighted by atomic mass is 10.3. The van der Waals surface area contributed by atoms with E-state index < -0.39 is 0 Å². The van der Waals surface area contributed by atoms with Crippen molar-refractivity contribution in [2.75, 3.05) is 18.8 Å². The molecule has 0 spiro atoms. The summed E-state index contributed by atoms with van der Waals surface area (Å²) in [7, 11) is 0. The highest BCUT2D eigenvalue weighted by molar-refractivity contribution is 8.01. The first-order valence-electron chi connectivity index (χ1n) is 4.82. The second kappa shape index (κ2) is 4.36. The van der Waals surface area contributed by atoms with Gasteiger partial charge in [0.15, 0.2) is 0 Å². The monoisotopic (exact) mass is 227 g/mol. The first-order valence-corrected chi connectivity index (χ1v) is 6.69. The molecule has 0 radical (unpaired) electrons. The van der Waals surface area contributed by atoms with Crippen LogP contribution >= 0.6 is 23.1 Å². The smallest absolute Gasteiger partial charge is 0.255 e. The molecule has 0 aliphatic carbocycles. The summed E-state index contributed by atoms with van der Waals surface area (Å²) >= 11 is 3.48. The third kappa shape index (κ3) is 1.81. The number of hydrogen-bond acceptors (Lipinski definition) is 3. The standard InChI is InChI=1S/C10H13NOS2/c1-2-4-11-5-7-14-10-8(9(11)12)3-6-13-10/h3,6H,2,4-5,7H2,1H3. The second-order valence-corrected chi connectivity index (χ2v) is 5.54. The summed E-state index contributed by atoms with van der Waals surface area (Å²) in [6.07, 6.45) is 1.04. The summed E-state index contributed by atoms with van der Waals surface area (Å²) in [5.41, 5.74) is 0.908. The van der Waals surface area contributed by atoms with Crippen molar-refractivity contribution in [2.24, 2.45) is 0 Å². The summed E-state index contributed by atoms with van der Waals surface area (Å²) in [5.74, 6) is 1.24. The van der Waals surface area contributed by atoms with Crippen LogP contribution in [0, 0.1) is 0 Å². The van der Waals surface area contributed by atoms with Gasteiger partial charge in [0, 0.05) is 18.8 Å². The molecule has 0 fully saturated rings. The van der Waals surface area contributed by atoms with Gasteiger partial charge in [-0.1, -0.05) is 6.92 Å². The van der Waals surface area contributed by atoms with Crippen LogP contribution in [-0.2, 0) is 0 Å². The topological polar surface area (TPSA) is 20.3 Å². The third-order valence-electron chi connectivity index (χ3n) is 2.24. The summed E-state index contributed by atoms with van der Waals surface area (Å²) in [5, 5.41) is 2.00. The largest absolute Gasteiger partial charge is 0.338 e. The number of hydrogen-bond donors (Lipinski definition) is 0. The maximum absolute atomic E-state index is 12.0. The molecule has 4 heteroatoms. The Balaban J connectivity index is 2.24. The van der Waals surface area contributed by atoms with E-state index in [1.807, 2.05) is 16.3 Å². The average Bonchev–Trinajstić information content (AvgIpc) is 2.59. The van der Waals surface area contributed by atoms with E-state index in [2.05, 4.69) is 6.92 Å². The number of thioether (sulfide) groups is 1. The van der Waals surface area contributed by atoms with E-state index in [-0.39, 0.29) is 5.91 Å². The van der Waals surface area contributed by atoms with E-state index in [1.54, 1.807) is 23.1 Å². The summed E-state index contributed by atoms with van der Waals surface area (Å²) in [6, 6.07) is 1.95. The van der Waals surface area contributed by atoms with Gasteiger partial charge in [-0.25, -0.2) is 0 Å². The number of rotatable bonds is 2. The molecule has 0 saturated carbocycles. The predicted molar refractivity (Wildman–Crippen MR) is 61.2 cm³/mol. The van der Waals surface area contributed by atoms with Crippen LogP contribution < -0.4 is 0 Å². The van der Waals surface area contributed by atoms with Crippen LogP contribution in [0.15, 0.2) is 15.7 Å². The summed E-state index contributed by atoms with van der Waals surface area (Å²) in [4.78, 5) is 14.0. The number of carbonyl (C=O) groups excluding carboxylic acids is 1. The molecule has 76 valence electrons. The SMILES string of the molecule is CCCN1CCSc2sccc2C1=O. The van der Waals surface area contributed by atoms with Gasteiger partial charge in [-0.05, 0) is 17.9 Å². The Morgan fingerprint density at radius 2 is 2.43 bits per heavy atom. The first kappa shape index (κ1) is 10.1. The molecule has 1 aromatic heterocycles. The maximum atomic E-state index is 12.0. The van der Waals surface area contributed by atoms with Gasteiger partial charge in [0.25, 0.3) is 5.91 Å². The highest BCUT2D eigenvalue weighted by Crippen LogP contribution is 2.32. The van der Waals surface area contributed by atoms with E-state index >= 15 is 0 Å². The lowest BCUT2D eigenvalue weighted by Gasteiger charge is -2.18. The Bertz CT molecular complexity index is 335. The molecule has 2 rings (SSSR count). The molecule has 0 atom stereocenters. The van der Waals surface area contributed by atoms with Gasteiger partial charge >= 0.3 is 0 Å². The first-order chi connectivity index (χ1) is 6.83. The minimum atomic E-state index is 0.216. The van der Waals surface area contributed by atoms with Crippen molar-refractivity contribution in [2.45, 2.75) is 17.6 Å². The van der Waals surface area contributed by atoms with E-state index in [4.69, 9.17) is 0 Å². The minimum absolute atomic E-state index is 0.216. The van der Waals surface area contributed by atoms with E-state index in [1.165, 1.54) is 4.21 Å². The normalized spacial score (nSPS) is 16.6. The number of fused-ring (bicyclic) bond motifs is 1. The van der Waals surface area contributed by atoms with Gasteiger partial charge in [-0.15, -0.1) is 23.1 Å². The lowest BCUT2D eigenvalue weighted by molar-refractivity contribution is 0.0766. The molecule has 1 aliphatic heterocycles. The van der Waals surface area contributed by atoms with E-state index in [0.29, 0.717) is 0 Å². The quantitative estimate of drug-likeness (QED) is 0.774. The van der Waals surface area contributed by atoms with Gasteiger partial charge < -0.3 is 4.90 Å². The molecule has 1 amide bonds. The van der Waals surface area contributed by atoms with Crippen molar-refractivity contribution in [3.05, 3.63) is 17.0 Å². The zero-order valence-corrected chi connectivity index (χ0v) is 9.79. The molecule has 1 aliphatic rings. The fourth-order valence-electron chi connectivity index (χ4n) is 1.57. The molecule has 0 unspecified atom stereocenters. The van der Waals surface area contributed by atoms with Gasteiger partial charge in [0.2, 0.25) is 0 Å².